The lowest BCUT2D eigenvalue weighted by Crippen LogP contribution is -2.61. The summed E-state index contributed by atoms with van der Waals surface area (Å²) in [6, 6.07) is 8.05. The van der Waals surface area contributed by atoms with E-state index < -0.39 is 29.1 Å². The summed E-state index contributed by atoms with van der Waals surface area (Å²) in [5.41, 5.74) is 3.04. The molecule has 200 valence electrons. The molecule has 0 aliphatic carbocycles. The van der Waals surface area contributed by atoms with Gasteiger partial charge in [0.15, 0.2) is 29.4 Å². The molecule has 7 nitrogen and oxygen atoms in total. The highest BCUT2D eigenvalue weighted by atomic mass is 19.2. The summed E-state index contributed by atoms with van der Waals surface area (Å²) in [5.74, 6) is -2.60. The molecular weight excluding hydrogens is 495 g/mol. The summed E-state index contributed by atoms with van der Waals surface area (Å²) in [6.07, 6.45) is 6.79. The molecule has 1 unspecified atom stereocenters. The Labute approximate surface area is 219 Å². The molecule has 3 aromatic rings. The quantitative estimate of drug-likeness (QED) is 0.490. The number of fused-ring (bicyclic) bond motifs is 3. The van der Waals surface area contributed by atoms with Crippen LogP contribution in [-0.2, 0) is 10.4 Å². The van der Waals surface area contributed by atoms with Crippen LogP contribution in [0.25, 0.3) is 11.8 Å². The van der Waals surface area contributed by atoms with Crippen molar-refractivity contribution < 1.29 is 22.7 Å². The molecule has 10 heteroatoms. The van der Waals surface area contributed by atoms with Crippen molar-refractivity contribution in [1.29, 1.82) is 0 Å². The van der Waals surface area contributed by atoms with Crippen molar-refractivity contribution >= 4 is 11.9 Å². The second kappa shape index (κ2) is 9.83. The fourth-order valence-electron chi connectivity index (χ4n) is 5.64. The summed E-state index contributed by atoms with van der Waals surface area (Å²) in [5, 5.41) is 7.72. The van der Waals surface area contributed by atoms with E-state index >= 15 is 0 Å². The fourth-order valence-corrected chi connectivity index (χ4v) is 5.64. The summed E-state index contributed by atoms with van der Waals surface area (Å²) in [4.78, 5) is 12.2. The fraction of sp³-hybridized carbons (Fsp3) is 0.357. The monoisotopic (exact) mass is 525 g/mol. The minimum Gasteiger partial charge on any atom is -0.495 e. The van der Waals surface area contributed by atoms with Crippen LogP contribution < -0.4 is 10.1 Å². The number of methoxy groups -OCH3 is 1. The first-order chi connectivity index (χ1) is 17.9. The summed E-state index contributed by atoms with van der Waals surface area (Å²) >= 11 is 0. The van der Waals surface area contributed by atoms with Crippen molar-refractivity contribution in [2.45, 2.75) is 38.8 Å². The molecule has 0 radical (unpaired) electrons. The number of hydrogen-bond donors (Lipinski definition) is 1. The van der Waals surface area contributed by atoms with Crippen LogP contribution in [0.5, 0.6) is 5.75 Å². The van der Waals surface area contributed by atoms with E-state index in [0.717, 1.165) is 47.5 Å². The minimum atomic E-state index is -1.48. The number of nitrogens with one attached hydrogen (secondary N) is 1. The second-order valence-corrected chi connectivity index (χ2v) is 9.60. The number of ether oxygens (including phenoxy) is 1. The Morgan fingerprint density at radius 2 is 1.97 bits per heavy atom. The molecule has 3 aliphatic rings. The normalized spacial score (nSPS) is 23.3. The van der Waals surface area contributed by atoms with Crippen LogP contribution in [0.15, 0.2) is 53.6 Å². The molecule has 2 atom stereocenters. The van der Waals surface area contributed by atoms with E-state index in [0.29, 0.717) is 36.8 Å². The third kappa shape index (κ3) is 4.03. The maximum atomic E-state index is 14.3. The van der Waals surface area contributed by atoms with Gasteiger partial charge >= 0.3 is 0 Å². The lowest BCUT2D eigenvalue weighted by molar-refractivity contribution is -0.0500. The molecule has 2 saturated heterocycles. The van der Waals surface area contributed by atoms with Crippen molar-refractivity contribution in [1.82, 2.24) is 19.8 Å². The van der Waals surface area contributed by atoms with E-state index in [1.807, 2.05) is 42.0 Å². The van der Waals surface area contributed by atoms with Gasteiger partial charge in [-0.25, -0.2) is 18.2 Å². The number of imidazole rings is 1. The predicted molar refractivity (Wildman–Crippen MR) is 139 cm³/mol. The van der Waals surface area contributed by atoms with Crippen LogP contribution in [0, 0.1) is 24.4 Å². The average molecular weight is 526 g/mol. The first kappa shape index (κ1) is 25.8. The molecule has 0 amide bonds. The van der Waals surface area contributed by atoms with Gasteiger partial charge in [-0.2, -0.15) is 0 Å². The Morgan fingerprint density at radius 1 is 1.18 bits per heavy atom. The van der Waals surface area contributed by atoms with Gasteiger partial charge in [0.05, 0.1) is 24.8 Å². The van der Waals surface area contributed by atoms with Crippen LogP contribution in [-0.4, -0.2) is 53.1 Å². The van der Waals surface area contributed by atoms with E-state index in [2.05, 4.69) is 20.4 Å². The number of nitrogens with zero attached hydrogens (tertiary/aromatic N) is 4. The Bertz CT molecular complexity index is 1410. The molecule has 1 N–H and O–H groups in total. The van der Waals surface area contributed by atoms with E-state index in [1.54, 1.807) is 13.4 Å². The van der Waals surface area contributed by atoms with Crippen molar-refractivity contribution in [3.05, 3.63) is 82.7 Å². The van der Waals surface area contributed by atoms with Gasteiger partial charge in [0.2, 0.25) is 0 Å². The predicted octanol–water partition coefficient (Wildman–Crippen LogP) is 4.93. The Morgan fingerprint density at radius 3 is 2.68 bits per heavy atom. The van der Waals surface area contributed by atoms with Gasteiger partial charge in [-0.3, -0.25) is 0 Å². The van der Waals surface area contributed by atoms with Gasteiger partial charge < -0.3 is 24.4 Å². The van der Waals surface area contributed by atoms with E-state index in [1.165, 1.54) is 0 Å². The standard InChI is InChI=1S/C27H26F3N5O2.CH4/c1-16-13-34(15-32-16)22-6-5-17(9-23(22)36-2)8-18-4-3-7-35-26(18)33-37-24-12-31-14-27(24,35)19-10-20(28)25(30)21(29)11-19;/h5-6,8-11,13,15,24,31H,3-4,7,12,14H2,1-2H3;1H4/b18-8+;/t24?,27-;/m0./s1. The zero-order valence-corrected chi connectivity index (χ0v) is 20.5. The van der Waals surface area contributed by atoms with Crippen LogP contribution in [0.4, 0.5) is 13.2 Å². The van der Waals surface area contributed by atoms with Crippen LogP contribution in [0.3, 0.4) is 0 Å². The first-order valence-electron chi connectivity index (χ1n) is 12.2. The number of piperidine rings is 1. The minimum absolute atomic E-state index is 0. The molecule has 3 aliphatic heterocycles. The maximum absolute atomic E-state index is 14.3. The molecule has 0 saturated carbocycles. The molecule has 4 heterocycles. The summed E-state index contributed by atoms with van der Waals surface area (Å²) < 4.78 is 50.0. The average Bonchev–Trinajstić information content (AvgIpc) is 3.54. The van der Waals surface area contributed by atoms with Gasteiger partial charge in [0.1, 0.15) is 11.3 Å². The lowest BCUT2D eigenvalue weighted by Gasteiger charge is -2.50. The number of aromatic nitrogens is 2. The molecule has 6 rings (SSSR count). The van der Waals surface area contributed by atoms with Crippen molar-refractivity contribution in [2.75, 3.05) is 26.7 Å². The van der Waals surface area contributed by atoms with E-state index in [-0.39, 0.29) is 7.43 Å². The third-order valence-electron chi connectivity index (χ3n) is 7.39. The van der Waals surface area contributed by atoms with Gasteiger partial charge in [-0.05, 0) is 66.8 Å². The Hall–Kier alpha value is -3.79. The van der Waals surface area contributed by atoms with Crippen LogP contribution in [0.1, 0.15) is 37.1 Å². The van der Waals surface area contributed by atoms with Gasteiger partial charge in [-0.15, -0.1) is 0 Å². The molecule has 0 bridgehead atoms. The maximum Gasteiger partial charge on any atom is 0.194 e. The molecule has 1 aromatic heterocycles. The number of aryl methyl sites for hydroxylation is 1. The van der Waals surface area contributed by atoms with Crippen molar-refractivity contribution in [2.24, 2.45) is 5.16 Å². The van der Waals surface area contributed by atoms with E-state index in [9.17, 15) is 13.2 Å². The van der Waals surface area contributed by atoms with Crippen molar-refractivity contribution in [3.8, 4) is 11.4 Å². The van der Waals surface area contributed by atoms with Gasteiger partial charge in [-0.1, -0.05) is 18.6 Å². The van der Waals surface area contributed by atoms with Gasteiger partial charge in [0, 0.05) is 25.8 Å². The topological polar surface area (TPSA) is 63.9 Å². The highest BCUT2D eigenvalue weighted by Gasteiger charge is 2.55. The molecule has 38 heavy (non-hydrogen) atoms. The zero-order valence-electron chi connectivity index (χ0n) is 20.5. The summed E-state index contributed by atoms with van der Waals surface area (Å²) in [6.45, 7) is 3.40. The molecule has 0 spiro atoms. The number of hydrogen-bond acceptors (Lipinski definition) is 6. The molecule has 2 aromatic carbocycles. The Kier molecular flexibility index (Phi) is 6.68. The van der Waals surface area contributed by atoms with Crippen LogP contribution in [0.2, 0.25) is 0 Å². The van der Waals surface area contributed by atoms with Crippen LogP contribution >= 0.6 is 0 Å². The number of oxime groups is 1. The highest BCUT2D eigenvalue weighted by Crippen LogP contribution is 2.44. The Balaban J connectivity index is 0.00000294. The SMILES string of the molecule is C.COc1cc(/C=C2\CCCN3C2=NOC2CNC[C@]23c2cc(F)c(F)c(F)c2)ccc1-n1cnc(C)c1. The lowest BCUT2D eigenvalue weighted by atomic mass is 9.81. The van der Waals surface area contributed by atoms with Gasteiger partial charge in [0.25, 0.3) is 0 Å². The largest absolute Gasteiger partial charge is 0.495 e. The molecular formula is C28H30F3N5O2. The smallest absolute Gasteiger partial charge is 0.194 e. The van der Waals surface area contributed by atoms with Crippen molar-refractivity contribution in [3.63, 3.8) is 0 Å². The van der Waals surface area contributed by atoms with E-state index in [4.69, 9.17) is 9.57 Å². The molecule has 2 fully saturated rings. The zero-order chi connectivity index (χ0) is 25.7. The highest BCUT2D eigenvalue weighted by molar-refractivity contribution is 6.03. The number of benzene rings is 2. The second-order valence-electron chi connectivity index (χ2n) is 9.60. The number of amidine groups is 1. The third-order valence-corrected chi connectivity index (χ3v) is 7.39. The first-order valence-corrected chi connectivity index (χ1v) is 12.2. The summed E-state index contributed by atoms with van der Waals surface area (Å²) in [7, 11) is 1.62. The number of halogens is 3. The number of rotatable bonds is 4.